The van der Waals surface area contributed by atoms with E-state index < -0.39 is 0 Å². The maximum absolute atomic E-state index is 4.35. The van der Waals surface area contributed by atoms with Crippen LogP contribution < -0.4 is 0 Å². The fourth-order valence-electron chi connectivity index (χ4n) is 3.31. The molecular weight excluding hydrogens is 198 g/mol. The smallest absolute Gasteiger partial charge is 0.0659 e. The van der Waals surface area contributed by atoms with Gasteiger partial charge in [0.15, 0.2) is 0 Å². The van der Waals surface area contributed by atoms with Crippen LogP contribution in [0.5, 0.6) is 0 Å². The first kappa shape index (κ1) is 10.2. The monoisotopic (exact) mass is 217 g/mol. The van der Waals surface area contributed by atoms with Crippen molar-refractivity contribution in [3.05, 3.63) is 12.2 Å². The van der Waals surface area contributed by atoms with E-state index >= 15 is 0 Å². The van der Waals surface area contributed by atoms with E-state index in [0.717, 1.165) is 18.5 Å². The first-order valence-electron chi connectivity index (χ1n) is 6.32. The lowest BCUT2D eigenvalue weighted by atomic mass is 9.87. The predicted octanol–water partition coefficient (Wildman–Crippen LogP) is 2.25. The van der Waals surface area contributed by atoms with E-state index in [2.05, 4.69) is 34.3 Å². The molecule has 0 aromatic carbocycles. The Hall–Kier alpha value is -0.960. The minimum Gasteiger partial charge on any atom is -0.300 e. The molecule has 3 rings (SSSR count). The minimum atomic E-state index is 0.639. The second-order valence-electron chi connectivity index (χ2n) is 5.18. The molecule has 0 aromatic heterocycles. The van der Waals surface area contributed by atoms with Crippen LogP contribution in [0, 0.1) is 5.92 Å². The topological polar surface area (TPSA) is 28.0 Å². The molecule has 0 amide bonds. The highest BCUT2D eigenvalue weighted by atomic mass is 15.2. The normalized spacial score (nSPS) is 38.6. The third-order valence-corrected chi connectivity index (χ3v) is 4.30. The number of hydrogen-bond donors (Lipinski definition) is 0. The molecule has 3 aliphatic rings. The molecule has 0 aromatic rings. The largest absolute Gasteiger partial charge is 0.300 e. The second-order valence-corrected chi connectivity index (χ2v) is 5.18. The number of fused-ring (bicyclic) bond motifs is 2. The number of allylic oxidation sites excluding steroid dienone is 2. The van der Waals surface area contributed by atoms with E-state index in [9.17, 15) is 0 Å². The zero-order valence-corrected chi connectivity index (χ0v) is 9.84. The summed E-state index contributed by atoms with van der Waals surface area (Å²) in [6.07, 6.45) is 12.4. The van der Waals surface area contributed by atoms with Crippen molar-refractivity contribution in [3.63, 3.8) is 0 Å². The van der Waals surface area contributed by atoms with Crippen molar-refractivity contribution < 1.29 is 0 Å². The first-order valence-corrected chi connectivity index (χ1v) is 6.32. The Morgan fingerprint density at radius 3 is 2.75 bits per heavy atom. The summed E-state index contributed by atoms with van der Waals surface area (Å²) in [5.74, 6) is 0.639. The molecule has 0 spiro atoms. The third-order valence-electron chi connectivity index (χ3n) is 4.30. The van der Waals surface area contributed by atoms with Crippen LogP contribution in [0.2, 0.25) is 0 Å². The molecular formula is C13H19N3. The predicted molar refractivity (Wildman–Crippen MR) is 67.0 cm³/mol. The van der Waals surface area contributed by atoms with E-state index in [1.54, 1.807) is 0 Å². The standard InChI is InChI=1S/C13H19N3/c1-16-11-5-6-12(16)9-10(8-11)13-4-2-3-7-14-15-13/h2,4,7,10-12H,3,5-6,8-9H2,1H3. The van der Waals surface area contributed by atoms with Crippen molar-refractivity contribution in [2.75, 3.05) is 7.05 Å². The molecule has 2 unspecified atom stereocenters. The van der Waals surface area contributed by atoms with Crippen molar-refractivity contribution >= 4 is 11.9 Å². The molecule has 86 valence electrons. The van der Waals surface area contributed by atoms with Gasteiger partial charge >= 0.3 is 0 Å². The maximum atomic E-state index is 4.35. The Bertz CT molecular complexity index is 342. The lowest BCUT2D eigenvalue weighted by molar-refractivity contribution is 0.159. The summed E-state index contributed by atoms with van der Waals surface area (Å²) in [4.78, 5) is 2.57. The average Bonchev–Trinajstić information content (AvgIpc) is 2.60. The fourth-order valence-corrected chi connectivity index (χ4v) is 3.31. The minimum absolute atomic E-state index is 0.639. The highest BCUT2D eigenvalue weighted by Gasteiger charge is 2.39. The van der Waals surface area contributed by atoms with Crippen LogP contribution in [0.4, 0.5) is 0 Å². The van der Waals surface area contributed by atoms with Crippen molar-refractivity contribution in [3.8, 4) is 0 Å². The molecule has 0 saturated carbocycles. The highest BCUT2D eigenvalue weighted by molar-refractivity contribution is 5.97. The van der Waals surface area contributed by atoms with Gasteiger partial charge in [-0.1, -0.05) is 6.08 Å². The van der Waals surface area contributed by atoms with Gasteiger partial charge in [-0.3, -0.25) is 0 Å². The van der Waals surface area contributed by atoms with E-state index in [0.29, 0.717) is 5.92 Å². The van der Waals surface area contributed by atoms with Crippen LogP contribution in [-0.2, 0) is 0 Å². The van der Waals surface area contributed by atoms with E-state index in [4.69, 9.17) is 0 Å². The third kappa shape index (κ3) is 1.73. The van der Waals surface area contributed by atoms with Crippen molar-refractivity contribution in [2.45, 2.75) is 44.2 Å². The van der Waals surface area contributed by atoms with Crippen LogP contribution in [0.25, 0.3) is 0 Å². The van der Waals surface area contributed by atoms with Crippen LogP contribution in [0.3, 0.4) is 0 Å². The summed E-state index contributed by atoms with van der Waals surface area (Å²) in [5.41, 5.74) is 1.21. The molecule has 2 bridgehead atoms. The Labute approximate surface area is 96.9 Å². The Morgan fingerprint density at radius 1 is 1.25 bits per heavy atom. The van der Waals surface area contributed by atoms with Crippen molar-refractivity contribution in [1.82, 2.24) is 4.90 Å². The number of hydrogen-bond acceptors (Lipinski definition) is 3. The summed E-state index contributed by atoms with van der Waals surface area (Å²) in [7, 11) is 2.28. The summed E-state index contributed by atoms with van der Waals surface area (Å²) in [5, 5.41) is 8.45. The van der Waals surface area contributed by atoms with Crippen LogP contribution in [0.1, 0.15) is 32.1 Å². The summed E-state index contributed by atoms with van der Waals surface area (Å²) in [6, 6.07) is 1.57. The zero-order chi connectivity index (χ0) is 11.0. The van der Waals surface area contributed by atoms with Gasteiger partial charge in [0.05, 0.1) is 5.71 Å². The molecule has 2 fully saturated rings. The van der Waals surface area contributed by atoms with Crippen LogP contribution in [0.15, 0.2) is 22.4 Å². The van der Waals surface area contributed by atoms with Crippen LogP contribution >= 0.6 is 0 Å². The average molecular weight is 217 g/mol. The van der Waals surface area contributed by atoms with Gasteiger partial charge in [0.25, 0.3) is 0 Å². The van der Waals surface area contributed by atoms with Crippen LogP contribution in [-0.4, -0.2) is 36.0 Å². The molecule has 0 N–H and O–H groups in total. The van der Waals surface area contributed by atoms with E-state index in [1.165, 1.54) is 31.4 Å². The van der Waals surface area contributed by atoms with Gasteiger partial charge in [-0.05, 0) is 38.8 Å². The fraction of sp³-hybridized carbons (Fsp3) is 0.692. The molecule has 2 atom stereocenters. The van der Waals surface area contributed by atoms with E-state index in [-0.39, 0.29) is 0 Å². The molecule has 16 heavy (non-hydrogen) atoms. The van der Waals surface area contributed by atoms with Gasteiger partial charge in [-0.2, -0.15) is 10.2 Å². The highest BCUT2D eigenvalue weighted by Crippen LogP contribution is 2.38. The van der Waals surface area contributed by atoms with Gasteiger partial charge in [0.1, 0.15) is 0 Å². The summed E-state index contributed by atoms with van der Waals surface area (Å²) < 4.78 is 0. The van der Waals surface area contributed by atoms with E-state index in [1.807, 2.05) is 6.21 Å². The zero-order valence-electron chi connectivity index (χ0n) is 9.84. The van der Waals surface area contributed by atoms with Gasteiger partial charge in [-0.15, -0.1) is 0 Å². The van der Waals surface area contributed by atoms with Gasteiger partial charge in [0.2, 0.25) is 0 Å². The first-order chi connectivity index (χ1) is 7.84. The van der Waals surface area contributed by atoms with Crippen molar-refractivity contribution in [1.29, 1.82) is 0 Å². The molecule has 3 aliphatic heterocycles. The van der Waals surface area contributed by atoms with Crippen molar-refractivity contribution in [2.24, 2.45) is 16.1 Å². The molecule has 3 nitrogen and oxygen atoms in total. The molecule has 2 saturated heterocycles. The molecule has 0 aliphatic carbocycles. The summed E-state index contributed by atoms with van der Waals surface area (Å²) in [6.45, 7) is 0. The Kier molecular flexibility index (Phi) is 2.64. The quantitative estimate of drug-likeness (QED) is 0.662. The molecule has 3 heteroatoms. The lowest BCUT2D eigenvalue weighted by Gasteiger charge is -2.36. The number of piperidine rings is 1. The SMILES string of the molecule is CN1C2CCC1CC(C1=NN=CCC=C1)C2. The summed E-state index contributed by atoms with van der Waals surface area (Å²) >= 11 is 0. The lowest BCUT2D eigenvalue weighted by Crippen LogP contribution is -2.41. The van der Waals surface area contributed by atoms with Gasteiger partial charge in [0, 0.05) is 30.6 Å². The van der Waals surface area contributed by atoms with Gasteiger partial charge in [-0.25, -0.2) is 0 Å². The number of nitrogens with zero attached hydrogens (tertiary/aromatic N) is 3. The van der Waals surface area contributed by atoms with Gasteiger partial charge < -0.3 is 4.90 Å². The molecule has 0 radical (unpaired) electrons. The number of rotatable bonds is 1. The Morgan fingerprint density at radius 2 is 2.00 bits per heavy atom. The Balaban J connectivity index is 1.77. The molecule has 3 heterocycles. The second kappa shape index (κ2) is 4.13. The maximum Gasteiger partial charge on any atom is 0.0659 e.